The Bertz CT molecular complexity index is 628. The predicted octanol–water partition coefficient (Wildman–Crippen LogP) is 1.83. The zero-order chi connectivity index (χ0) is 14.7. The zero-order valence-electron chi connectivity index (χ0n) is 10.8. The number of benzene rings is 1. The maximum Gasteiger partial charge on any atom is 0.244 e. The molecule has 20 heavy (non-hydrogen) atoms. The number of nitrogens with zero attached hydrogens (tertiary/aromatic N) is 4. The van der Waals surface area contributed by atoms with Gasteiger partial charge in [-0.25, -0.2) is 9.67 Å². The van der Waals surface area contributed by atoms with Crippen molar-refractivity contribution >= 4 is 35.1 Å². The molecule has 1 heterocycles. The first-order valence-electron chi connectivity index (χ1n) is 5.79. The number of likely N-dealkylation sites (N-methyl/N-ethyl adjacent to an activating group) is 1. The first-order valence-corrected chi connectivity index (χ1v) is 6.54. The highest BCUT2D eigenvalue weighted by atomic mass is 35.5. The fourth-order valence-electron chi connectivity index (χ4n) is 1.66. The quantitative estimate of drug-likeness (QED) is 0.934. The molecule has 0 atom stereocenters. The Morgan fingerprint density at radius 1 is 1.45 bits per heavy atom. The van der Waals surface area contributed by atoms with E-state index in [1.165, 1.54) is 15.9 Å². The number of hydrogen-bond acceptors (Lipinski definition) is 4. The van der Waals surface area contributed by atoms with Crippen LogP contribution in [0.5, 0.6) is 0 Å². The number of carbonyl (C=O) groups excluding carboxylic acids is 1. The van der Waals surface area contributed by atoms with Gasteiger partial charge in [0.2, 0.25) is 11.9 Å². The Morgan fingerprint density at radius 2 is 2.20 bits per heavy atom. The molecule has 0 aliphatic carbocycles. The first-order chi connectivity index (χ1) is 9.47. The molecule has 0 fully saturated rings. The molecular weight excluding hydrogens is 301 g/mol. The number of nitrogens with two attached hydrogens (primary N) is 1. The number of nitrogen functional groups attached to an aromatic ring is 1. The molecule has 0 aliphatic rings. The van der Waals surface area contributed by atoms with Crippen LogP contribution in [0.15, 0.2) is 24.5 Å². The molecule has 8 heteroatoms. The SMILES string of the molecule is CN(Cc1cccc(Cl)c1Cl)C(=O)Cn1cnc(N)n1. The van der Waals surface area contributed by atoms with Crippen LogP contribution in [0.2, 0.25) is 10.0 Å². The van der Waals surface area contributed by atoms with Crippen LogP contribution in [0.1, 0.15) is 5.56 Å². The predicted molar refractivity (Wildman–Crippen MR) is 77.4 cm³/mol. The Kier molecular flexibility index (Phi) is 4.46. The number of amides is 1. The van der Waals surface area contributed by atoms with Crippen molar-refractivity contribution in [3.63, 3.8) is 0 Å². The average molecular weight is 314 g/mol. The maximum absolute atomic E-state index is 12.0. The molecule has 0 saturated heterocycles. The van der Waals surface area contributed by atoms with Gasteiger partial charge in [-0.3, -0.25) is 4.79 Å². The van der Waals surface area contributed by atoms with E-state index in [4.69, 9.17) is 28.9 Å². The van der Waals surface area contributed by atoms with Gasteiger partial charge in [-0.2, -0.15) is 0 Å². The summed E-state index contributed by atoms with van der Waals surface area (Å²) in [4.78, 5) is 17.3. The number of carbonyl (C=O) groups is 1. The normalized spacial score (nSPS) is 10.6. The Hall–Kier alpha value is -1.79. The third kappa shape index (κ3) is 3.40. The summed E-state index contributed by atoms with van der Waals surface area (Å²) < 4.78 is 1.38. The van der Waals surface area contributed by atoms with Gasteiger partial charge in [0.1, 0.15) is 12.9 Å². The van der Waals surface area contributed by atoms with E-state index in [-0.39, 0.29) is 18.4 Å². The summed E-state index contributed by atoms with van der Waals surface area (Å²) in [5.41, 5.74) is 6.18. The Balaban J connectivity index is 2.02. The Labute approximate surface area is 126 Å². The standard InChI is InChI=1S/C12H13Cl2N5O/c1-18(5-8-3-2-4-9(13)11(8)14)10(20)6-19-7-16-12(15)17-19/h2-4,7H,5-6H2,1H3,(H2,15,17). The van der Waals surface area contributed by atoms with Gasteiger partial charge in [0.25, 0.3) is 0 Å². The summed E-state index contributed by atoms with van der Waals surface area (Å²) in [6, 6.07) is 5.32. The fraction of sp³-hybridized carbons (Fsp3) is 0.250. The van der Waals surface area contributed by atoms with Gasteiger partial charge in [-0.15, -0.1) is 5.10 Å². The van der Waals surface area contributed by atoms with Crippen molar-refractivity contribution in [3.05, 3.63) is 40.1 Å². The van der Waals surface area contributed by atoms with Crippen molar-refractivity contribution in [3.8, 4) is 0 Å². The molecule has 0 unspecified atom stereocenters. The lowest BCUT2D eigenvalue weighted by Crippen LogP contribution is -2.30. The van der Waals surface area contributed by atoms with Crippen LogP contribution in [0.4, 0.5) is 5.95 Å². The molecule has 0 spiro atoms. The molecule has 0 radical (unpaired) electrons. The molecule has 1 aromatic carbocycles. The van der Waals surface area contributed by atoms with Crippen molar-refractivity contribution in [1.82, 2.24) is 19.7 Å². The molecule has 2 rings (SSSR count). The van der Waals surface area contributed by atoms with Crippen molar-refractivity contribution < 1.29 is 4.79 Å². The van der Waals surface area contributed by atoms with E-state index in [0.29, 0.717) is 16.6 Å². The number of halogens is 2. The smallest absolute Gasteiger partial charge is 0.244 e. The van der Waals surface area contributed by atoms with Crippen LogP contribution in [0.3, 0.4) is 0 Å². The first kappa shape index (κ1) is 14.6. The van der Waals surface area contributed by atoms with E-state index in [1.807, 2.05) is 6.07 Å². The highest BCUT2D eigenvalue weighted by molar-refractivity contribution is 6.42. The second-order valence-electron chi connectivity index (χ2n) is 4.26. The minimum atomic E-state index is -0.133. The number of aromatic nitrogens is 3. The van der Waals surface area contributed by atoms with Crippen LogP contribution in [-0.4, -0.2) is 32.6 Å². The third-order valence-corrected chi connectivity index (χ3v) is 3.57. The fourth-order valence-corrected chi connectivity index (χ4v) is 2.04. The molecule has 0 aliphatic heterocycles. The Morgan fingerprint density at radius 3 is 2.85 bits per heavy atom. The van der Waals surface area contributed by atoms with Crippen LogP contribution in [0, 0.1) is 0 Å². The van der Waals surface area contributed by atoms with E-state index < -0.39 is 0 Å². The van der Waals surface area contributed by atoms with Gasteiger partial charge in [-0.05, 0) is 11.6 Å². The largest absolute Gasteiger partial charge is 0.367 e. The van der Waals surface area contributed by atoms with Crippen LogP contribution < -0.4 is 5.73 Å². The summed E-state index contributed by atoms with van der Waals surface area (Å²) in [5, 5.41) is 4.78. The molecule has 1 aromatic heterocycles. The third-order valence-electron chi connectivity index (χ3n) is 2.72. The zero-order valence-corrected chi connectivity index (χ0v) is 12.3. The summed E-state index contributed by atoms with van der Waals surface area (Å²) in [7, 11) is 1.68. The maximum atomic E-state index is 12.0. The van der Waals surface area contributed by atoms with E-state index in [0.717, 1.165) is 5.56 Å². The van der Waals surface area contributed by atoms with Gasteiger partial charge in [0.15, 0.2) is 0 Å². The van der Waals surface area contributed by atoms with E-state index in [2.05, 4.69) is 10.1 Å². The summed E-state index contributed by atoms with van der Waals surface area (Å²) in [6.07, 6.45) is 1.41. The molecular formula is C12H13Cl2N5O. The molecule has 2 aromatic rings. The molecule has 6 nitrogen and oxygen atoms in total. The molecule has 106 valence electrons. The second-order valence-corrected chi connectivity index (χ2v) is 5.05. The molecule has 0 saturated carbocycles. The van der Waals surface area contributed by atoms with Gasteiger partial charge in [-0.1, -0.05) is 35.3 Å². The van der Waals surface area contributed by atoms with Crippen LogP contribution >= 0.6 is 23.2 Å². The summed E-state index contributed by atoms with van der Waals surface area (Å²) in [6.45, 7) is 0.432. The monoisotopic (exact) mass is 313 g/mol. The topological polar surface area (TPSA) is 77.0 Å². The number of hydrogen-bond donors (Lipinski definition) is 1. The lowest BCUT2D eigenvalue weighted by Gasteiger charge is -2.18. The highest BCUT2D eigenvalue weighted by Crippen LogP contribution is 2.26. The lowest BCUT2D eigenvalue weighted by molar-refractivity contribution is -0.131. The van der Waals surface area contributed by atoms with Crippen molar-refractivity contribution in [2.45, 2.75) is 13.1 Å². The second kappa shape index (κ2) is 6.11. The van der Waals surface area contributed by atoms with Gasteiger partial charge in [0, 0.05) is 13.6 Å². The summed E-state index contributed by atoms with van der Waals surface area (Å²) in [5.74, 6) is 0.00396. The molecule has 0 bridgehead atoms. The lowest BCUT2D eigenvalue weighted by atomic mass is 10.2. The van der Waals surface area contributed by atoms with Crippen LogP contribution in [-0.2, 0) is 17.9 Å². The van der Waals surface area contributed by atoms with Gasteiger partial charge in [0.05, 0.1) is 10.0 Å². The van der Waals surface area contributed by atoms with Gasteiger partial charge >= 0.3 is 0 Å². The minimum Gasteiger partial charge on any atom is -0.367 e. The molecule has 2 N–H and O–H groups in total. The van der Waals surface area contributed by atoms with E-state index in [1.54, 1.807) is 19.2 Å². The van der Waals surface area contributed by atoms with Crippen molar-refractivity contribution in [1.29, 1.82) is 0 Å². The number of anilines is 1. The minimum absolute atomic E-state index is 0.0683. The highest BCUT2D eigenvalue weighted by Gasteiger charge is 2.13. The van der Waals surface area contributed by atoms with E-state index in [9.17, 15) is 4.79 Å². The van der Waals surface area contributed by atoms with Crippen molar-refractivity contribution in [2.75, 3.05) is 12.8 Å². The number of rotatable bonds is 4. The van der Waals surface area contributed by atoms with Crippen molar-refractivity contribution in [2.24, 2.45) is 0 Å². The van der Waals surface area contributed by atoms with Gasteiger partial charge < -0.3 is 10.6 Å². The summed E-state index contributed by atoms with van der Waals surface area (Å²) >= 11 is 12.0. The average Bonchev–Trinajstić information content (AvgIpc) is 2.80. The van der Waals surface area contributed by atoms with Crippen LogP contribution in [0.25, 0.3) is 0 Å². The van der Waals surface area contributed by atoms with E-state index >= 15 is 0 Å². The molecule has 1 amide bonds.